The van der Waals surface area contributed by atoms with E-state index in [1.165, 1.54) is 0 Å². The Bertz CT molecular complexity index is 664. The van der Waals surface area contributed by atoms with Crippen LogP contribution in [0.4, 0.5) is 8.78 Å². The normalized spacial score (nSPS) is 12.5. The monoisotopic (exact) mass is 437 g/mol. The average Bonchev–Trinajstić information content (AvgIpc) is 2.43. The highest BCUT2D eigenvalue weighted by Gasteiger charge is 2.21. The Balaban J connectivity index is 2.58. The van der Waals surface area contributed by atoms with Gasteiger partial charge in [-0.2, -0.15) is 0 Å². The Morgan fingerprint density at radius 2 is 1.76 bits per heavy atom. The lowest BCUT2D eigenvalue weighted by Crippen LogP contribution is -2.23. The van der Waals surface area contributed by atoms with E-state index in [9.17, 15) is 8.78 Å². The van der Waals surface area contributed by atoms with Gasteiger partial charge in [0.1, 0.15) is 0 Å². The average molecular weight is 440 g/mol. The molecule has 0 bridgehead atoms. The van der Waals surface area contributed by atoms with Crippen LogP contribution in [0.2, 0.25) is 5.02 Å². The fourth-order valence-corrected chi connectivity index (χ4v) is 3.20. The maximum atomic E-state index is 13.6. The molecule has 2 rings (SSSR count). The molecule has 112 valence electrons. The zero-order valence-electron chi connectivity index (χ0n) is 11.1. The Morgan fingerprint density at radius 3 is 2.43 bits per heavy atom. The Labute approximate surface area is 144 Å². The second kappa shape index (κ2) is 7.18. The molecule has 0 saturated heterocycles. The largest absolute Gasteiger partial charge is 0.306 e. The molecular formula is C15H12Br2ClF2N. The third-order valence-corrected chi connectivity index (χ3v) is 4.57. The third-order valence-electron chi connectivity index (χ3n) is 3.03. The van der Waals surface area contributed by atoms with Gasteiger partial charge in [0.2, 0.25) is 0 Å². The fourth-order valence-electron chi connectivity index (χ4n) is 2.09. The molecule has 1 N–H and O–H groups in total. The van der Waals surface area contributed by atoms with E-state index in [0.717, 1.165) is 26.6 Å². The van der Waals surface area contributed by atoms with Crippen LogP contribution in [0.15, 0.2) is 39.3 Å². The molecule has 0 aromatic heterocycles. The fraction of sp³-hybridized carbons (Fsp3) is 0.200. The first-order valence-corrected chi connectivity index (χ1v) is 8.23. The smallest absolute Gasteiger partial charge is 0.160 e. The van der Waals surface area contributed by atoms with Gasteiger partial charge in [-0.15, -0.1) is 0 Å². The van der Waals surface area contributed by atoms with Gasteiger partial charge in [-0.1, -0.05) is 50.4 Å². The molecule has 21 heavy (non-hydrogen) atoms. The van der Waals surface area contributed by atoms with Crippen molar-refractivity contribution < 1.29 is 8.78 Å². The minimum absolute atomic E-state index is 0.187. The highest BCUT2D eigenvalue weighted by molar-refractivity contribution is 9.11. The van der Waals surface area contributed by atoms with Crippen molar-refractivity contribution in [3.8, 4) is 0 Å². The Kier molecular flexibility index (Phi) is 5.77. The second-order valence-corrected chi connectivity index (χ2v) is 6.62. The number of rotatable bonds is 4. The van der Waals surface area contributed by atoms with E-state index in [1.54, 1.807) is 0 Å². The number of nitrogens with one attached hydrogen (secondary N) is 1. The van der Waals surface area contributed by atoms with E-state index >= 15 is 0 Å². The van der Waals surface area contributed by atoms with Crippen LogP contribution in [0.5, 0.6) is 0 Å². The Hall–Kier alpha value is -0.490. The maximum absolute atomic E-state index is 13.6. The number of halogens is 5. The first-order valence-electron chi connectivity index (χ1n) is 6.26. The van der Waals surface area contributed by atoms with Crippen LogP contribution in [0.25, 0.3) is 0 Å². The lowest BCUT2D eigenvalue weighted by Gasteiger charge is -2.22. The van der Waals surface area contributed by atoms with E-state index < -0.39 is 11.6 Å². The highest BCUT2D eigenvalue weighted by atomic mass is 79.9. The number of hydrogen-bond acceptors (Lipinski definition) is 1. The molecule has 0 heterocycles. The molecule has 0 saturated carbocycles. The molecule has 0 aliphatic heterocycles. The summed E-state index contributed by atoms with van der Waals surface area (Å²) >= 11 is 13.0. The first-order chi connectivity index (χ1) is 9.93. The Morgan fingerprint density at radius 1 is 1.10 bits per heavy atom. The van der Waals surface area contributed by atoms with E-state index in [0.29, 0.717) is 12.1 Å². The molecular weight excluding hydrogens is 427 g/mol. The van der Waals surface area contributed by atoms with E-state index in [-0.39, 0.29) is 11.1 Å². The predicted molar refractivity (Wildman–Crippen MR) is 88.7 cm³/mol. The van der Waals surface area contributed by atoms with Crippen LogP contribution >= 0.6 is 43.5 Å². The van der Waals surface area contributed by atoms with Gasteiger partial charge in [0, 0.05) is 14.0 Å². The first kappa shape index (κ1) is 16.9. The summed E-state index contributed by atoms with van der Waals surface area (Å²) in [5.74, 6) is -1.87. The topological polar surface area (TPSA) is 12.0 Å². The lowest BCUT2D eigenvalue weighted by molar-refractivity contribution is 0.504. The number of benzene rings is 2. The van der Waals surface area contributed by atoms with Crippen molar-refractivity contribution in [2.24, 2.45) is 0 Å². The van der Waals surface area contributed by atoms with E-state index in [2.05, 4.69) is 37.2 Å². The van der Waals surface area contributed by atoms with Crippen LogP contribution in [0, 0.1) is 11.6 Å². The quantitative estimate of drug-likeness (QED) is 0.590. The molecule has 0 spiro atoms. The van der Waals surface area contributed by atoms with E-state index in [1.807, 2.05) is 25.1 Å². The van der Waals surface area contributed by atoms with Crippen LogP contribution in [-0.4, -0.2) is 6.54 Å². The van der Waals surface area contributed by atoms with Gasteiger partial charge in [-0.25, -0.2) is 8.78 Å². The minimum atomic E-state index is -0.952. The van der Waals surface area contributed by atoms with Crippen molar-refractivity contribution in [1.82, 2.24) is 5.32 Å². The molecule has 0 amide bonds. The lowest BCUT2D eigenvalue weighted by atomic mass is 9.98. The van der Waals surface area contributed by atoms with Gasteiger partial charge >= 0.3 is 0 Å². The maximum Gasteiger partial charge on any atom is 0.160 e. The van der Waals surface area contributed by atoms with Crippen LogP contribution < -0.4 is 5.32 Å². The molecule has 0 aliphatic rings. The molecule has 1 nitrogen and oxygen atoms in total. The van der Waals surface area contributed by atoms with Crippen molar-refractivity contribution in [3.63, 3.8) is 0 Å². The summed E-state index contributed by atoms with van der Waals surface area (Å²) in [5.41, 5.74) is 1.38. The zero-order chi connectivity index (χ0) is 15.6. The van der Waals surface area contributed by atoms with Gasteiger partial charge in [0.05, 0.1) is 6.04 Å². The zero-order valence-corrected chi connectivity index (χ0v) is 15.0. The summed E-state index contributed by atoms with van der Waals surface area (Å²) in [7, 11) is 0. The summed E-state index contributed by atoms with van der Waals surface area (Å²) < 4.78 is 28.6. The number of hydrogen-bond donors (Lipinski definition) is 1. The minimum Gasteiger partial charge on any atom is -0.306 e. The van der Waals surface area contributed by atoms with Crippen molar-refractivity contribution in [1.29, 1.82) is 0 Å². The van der Waals surface area contributed by atoms with Crippen LogP contribution in [0.3, 0.4) is 0 Å². The van der Waals surface area contributed by atoms with E-state index in [4.69, 9.17) is 11.6 Å². The van der Waals surface area contributed by atoms with Crippen molar-refractivity contribution in [2.45, 2.75) is 13.0 Å². The summed E-state index contributed by atoms with van der Waals surface area (Å²) in [5, 5.41) is 3.43. The molecule has 2 aromatic rings. The van der Waals surface area contributed by atoms with Gasteiger partial charge in [-0.3, -0.25) is 0 Å². The highest BCUT2D eigenvalue weighted by Crippen LogP contribution is 2.35. The summed E-state index contributed by atoms with van der Waals surface area (Å²) in [6, 6.07) is 7.49. The molecule has 2 aromatic carbocycles. The molecule has 6 heteroatoms. The van der Waals surface area contributed by atoms with Gasteiger partial charge in [-0.05, 0) is 48.0 Å². The predicted octanol–water partition coefficient (Wildman–Crippen LogP) is 5.84. The molecule has 1 unspecified atom stereocenters. The van der Waals surface area contributed by atoms with Crippen molar-refractivity contribution in [3.05, 3.63) is 67.1 Å². The molecule has 0 radical (unpaired) electrons. The van der Waals surface area contributed by atoms with Crippen LogP contribution in [-0.2, 0) is 0 Å². The second-order valence-electron chi connectivity index (χ2n) is 4.44. The SMILES string of the molecule is CCNC(c1cc(F)c(F)cc1Cl)c1cc(Br)ccc1Br. The van der Waals surface area contributed by atoms with Crippen molar-refractivity contribution >= 4 is 43.5 Å². The summed E-state index contributed by atoms with van der Waals surface area (Å²) in [4.78, 5) is 0. The van der Waals surface area contributed by atoms with Crippen LogP contribution in [0.1, 0.15) is 24.1 Å². The molecule has 0 fully saturated rings. The van der Waals surface area contributed by atoms with Crippen molar-refractivity contribution in [2.75, 3.05) is 6.54 Å². The van der Waals surface area contributed by atoms with Gasteiger partial charge < -0.3 is 5.32 Å². The molecule has 1 atom stereocenters. The summed E-state index contributed by atoms with van der Waals surface area (Å²) in [6.07, 6.45) is 0. The van der Waals surface area contributed by atoms with Gasteiger partial charge in [0.25, 0.3) is 0 Å². The third kappa shape index (κ3) is 3.83. The standard InChI is InChI=1S/C15H12Br2ClF2N/c1-2-21-15(9-5-8(16)3-4-11(9)17)10-6-13(19)14(20)7-12(10)18/h3-7,15,21H,2H2,1H3. The molecule has 0 aliphatic carbocycles. The summed E-state index contributed by atoms with van der Waals surface area (Å²) in [6.45, 7) is 2.59. The van der Waals surface area contributed by atoms with Gasteiger partial charge in [0.15, 0.2) is 11.6 Å².